The molecule has 0 radical (unpaired) electrons. The standard InChI is InChI=1S/C23H22O5/c24-19-20(25)22-18(27-21(19)15-7-2-1-3-8-15)13-26-23(28-22)17-11-10-14-6-4-5-9-16(14)12-17/h1-12,18-25H,13H2/t18-,19-,20-,21+,22-,23-/m1/s1. The largest absolute Gasteiger partial charge is 0.387 e. The summed E-state index contributed by atoms with van der Waals surface area (Å²) < 4.78 is 18.0. The van der Waals surface area contributed by atoms with Gasteiger partial charge in [-0.05, 0) is 22.4 Å². The summed E-state index contributed by atoms with van der Waals surface area (Å²) in [5, 5.41) is 23.6. The zero-order valence-corrected chi connectivity index (χ0v) is 15.2. The Kier molecular flexibility index (Phi) is 4.62. The first-order valence-corrected chi connectivity index (χ1v) is 9.53. The second-order valence-corrected chi connectivity index (χ2v) is 7.36. The summed E-state index contributed by atoms with van der Waals surface area (Å²) in [6.45, 7) is 0.287. The molecule has 6 atom stereocenters. The second kappa shape index (κ2) is 7.28. The van der Waals surface area contributed by atoms with Crippen molar-refractivity contribution >= 4 is 10.8 Å². The Morgan fingerprint density at radius 3 is 2.29 bits per heavy atom. The minimum Gasteiger partial charge on any atom is -0.387 e. The summed E-state index contributed by atoms with van der Waals surface area (Å²) in [6, 6.07) is 23.5. The number of rotatable bonds is 2. The monoisotopic (exact) mass is 378 g/mol. The van der Waals surface area contributed by atoms with Crippen LogP contribution in [0.15, 0.2) is 72.8 Å². The first-order chi connectivity index (χ1) is 13.7. The summed E-state index contributed by atoms with van der Waals surface area (Å²) in [5.74, 6) is 0. The number of aliphatic hydroxyl groups is 2. The summed E-state index contributed by atoms with van der Waals surface area (Å²) in [5.41, 5.74) is 1.70. The lowest BCUT2D eigenvalue weighted by molar-refractivity contribution is -0.329. The van der Waals surface area contributed by atoms with Crippen LogP contribution in [0.1, 0.15) is 23.5 Å². The van der Waals surface area contributed by atoms with Crippen molar-refractivity contribution in [2.75, 3.05) is 6.61 Å². The van der Waals surface area contributed by atoms with Gasteiger partial charge in [0.05, 0.1) is 6.61 Å². The fourth-order valence-electron chi connectivity index (χ4n) is 4.05. The highest BCUT2D eigenvalue weighted by atomic mass is 16.7. The van der Waals surface area contributed by atoms with Crippen LogP contribution in [0.5, 0.6) is 0 Å². The van der Waals surface area contributed by atoms with Gasteiger partial charge in [0.25, 0.3) is 0 Å². The highest BCUT2D eigenvalue weighted by molar-refractivity contribution is 5.83. The smallest absolute Gasteiger partial charge is 0.184 e. The summed E-state index contributed by atoms with van der Waals surface area (Å²) in [4.78, 5) is 0. The molecule has 28 heavy (non-hydrogen) atoms. The van der Waals surface area contributed by atoms with Crippen molar-refractivity contribution in [2.45, 2.75) is 36.8 Å². The van der Waals surface area contributed by atoms with E-state index in [1.54, 1.807) is 0 Å². The first-order valence-electron chi connectivity index (χ1n) is 9.53. The molecule has 2 aliphatic rings. The minimum absolute atomic E-state index is 0.287. The third-order valence-electron chi connectivity index (χ3n) is 5.55. The quantitative estimate of drug-likeness (QED) is 0.717. The molecule has 3 aromatic rings. The Hall–Kier alpha value is -2.28. The van der Waals surface area contributed by atoms with Gasteiger partial charge in [-0.1, -0.05) is 66.7 Å². The van der Waals surface area contributed by atoms with Gasteiger partial charge in [-0.25, -0.2) is 0 Å². The predicted octanol–water partition coefficient (Wildman–Crippen LogP) is 3.12. The molecule has 0 amide bonds. The zero-order chi connectivity index (χ0) is 19.1. The average Bonchev–Trinajstić information content (AvgIpc) is 2.76. The molecule has 0 unspecified atom stereocenters. The molecule has 5 rings (SSSR count). The summed E-state index contributed by atoms with van der Waals surface area (Å²) in [7, 11) is 0. The van der Waals surface area contributed by atoms with Crippen molar-refractivity contribution in [2.24, 2.45) is 0 Å². The summed E-state index contributed by atoms with van der Waals surface area (Å²) >= 11 is 0. The molecule has 0 bridgehead atoms. The fourth-order valence-corrected chi connectivity index (χ4v) is 4.05. The Bertz CT molecular complexity index is 957. The van der Waals surface area contributed by atoms with Crippen molar-refractivity contribution in [3.05, 3.63) is 83.9 Å². The fraction of sp³-hybridized carbons (Fsp3) is 0.304. The second-order valence-electron chi connectivity index (χ2n) is 7.36. The van der Waals surface area contributed by atoms with Crippen LogP contribution in [0.4, 0.5) is 0 Å². The Labute approximate surface area is 163 Å². The van der Waals surface area contributed by atoms with Crippen LogP contribution in [0.3, 0.4) is 0 Å². The number of aliphatic hydroxyl groups excluding tert-OH is 2. The highest BCUT2D eigenvalue weighted by Crippen LogP contribution is 2.39. The molecule has 2 aliphatic heterocycles. The van der Waals surface area contributed by atoms with Crippen LogP contribution >= 0.6 is 0 Å². The van der Waals surface area contributed by atoms with E-state index < -0.39 is 36.8 Å². The van der Waals surface area contributed by atoms with Gasteiger partial charge in [-0.3, -0.25) is 0 Å². The number of ether oxygens (including phenoxy) is 3. The molecule has 0 saturated carbocycles. The molecule has 2 saturated heterocycles. The Morgan fingerprint density at radius 1 is 0.714 bits per heavy atom. The molecular weight excluding hydrogens is 356 g/mol. The lowest BCUT2D eigenvalue weighted by Crippen LogP contribution is -2.59. The SMILES string of the molecule is O[C@@H]1[C@@H](O)[C@H](c2ccccc2)O[C@@H]2CO[C@@H](c3ccc4ccccc4c3)O[C@@H]12. The van der Waals surface area contributed by atoms with E-state index in [1.807, 2.05) is 66.7 Å². The van der Waals surface area contributed by atoms with Gasteiger partial charge in [-0.15, -0.1) is 0 Å². The predicted molar refractivity (Wildman–Crippen MR) is 104 cm³/mol. The van der Waals surface area contributed by atoms with Crippen molar-refractivity contribution in [1.29, 1.82) is 0 Å². The third kappa shape index (κ3) is 3.11. The van der Waals surface area contributed by atoms with Gasteiger partial charge >= 0.3 is 0 Å². The molecule has 5 heteroatoms. The molecule has 144 valence electrons. The zero-order valence-electron chi connectivity index (χ0n) is 15.2. The molecule has 2 heterocycles. The average molecular weight is 378 g/mol. The third-order valence-corrected chi connectivity index (χ3v) is 5.55. The van der Waals surface area contributed by atoms with E-state index in [1.165, 1.54) is 0 Å². The van der Waals surface area contributed by atoms with E-state index in [0.717, 1.165) is 21.9 Å². The van der Waals surface area contributed by atoms with Gasteiger partial charge in [0, 0.05) is 5.56 Å². The lowest BCUT2D eigenvalue weighted by Gasteiger charge is -2.46. The maximum absolute atomic E-state index is 10.7. The van der Waals surface area contributed by atoms with E-state index in [9.17, 15) is 10.2 Å². The number of hydrogen-bond acceptors (Lipinski definition) is 5. The van der Waals surface area contributed by atoms with E-state index in [4.69, 9.17) is 14.2 Å². The van der Waals surface area contributed by atoms with Gasteiger partial charge < -0.3 is 24.4 Å². The van der Waals surface area contributed by atoms with Gasteiger partial charge in [0.15, 0.2) is 6.29 Å². The maximum atomic E-state index is 10.7. The Balaban J connectivity index is 1.37. The molecule has 2 N–H and O–H groups in total. The normalized spacial score (nSPS) is 32.8. The molecule has 0 aromatic heterocycles. The van der Waals surface area contributed by atoms with Crippen molar-refractivity contribution < 1.29 is 24.4 Å². The molecule has 5 nitrogen and oxygen atoms in total. The van der Waals surface area contributed by atoms with Crippen LogP contribution < -0.4 is 0 Å². The van der Waals surface area contributed by atoms with Crippen LogP contribution in [-0.4, -0.2) is 41.2 Å². The number of hydrogen-bond donors (Lipinski definition) is 2. The Morgan fingerprint density at radius 2 is 1.46 bits per heavy atom. The minimum atomic E-state index is -1.07. The lowest BCUT2D eigenvalue weighted by atomic mass is 9.90. The van der Waals surface area contributed by atoms with Crippen molar-refractivity contribution in [1.82, 2.24) is 0 Å². The molecule has 0 spiro atoms. The van der Waals surface area contributed by atoms with E-state index in [0.29, 0.717) is 0 Å². The number of fused-ring (bicyclic) bond motifs is 2. The molecule has 3 aromatic carbocycles. The van der Waals surface area contributed by atoms with E-state index in [-0.39, 0.29) is 6.61 Å². The van der Waals surface area contributed by atoms with Crippen LogP contribution in [0, 0.1) is 0 Å². The molecule has 2 fully saturated rings. The van der Waals surface area contributed by atoms with Crippen molar-refractivity contribution in [3.8, 4) is 0 Å². The van der Waals surface area contributed by atoms with E-state index in [2.05, 4.69) is 6.07 Å². The maximum Gasteiger partial charge on any atom is 0.184 e. The van der Waals surface area contributed by atoms with Crippen LogP contribution in [0.25, 0.3) is 10.8 Å². The van der Waals surface area contributed by atoms with Gasteiger partial charge in [0.1, 0.15) is 30.5 Å². The molecular formula is C23H22O5. The number of benzene rings is 3. The topological polar surface area (TPSA) is 68.2 Å². The van der Waals surface area contributed by atoms with Crippen molar-refractivity contribution in [3.63, 3.8) is 0 Å². The van der Waals surface area contributed by atoms with Crippen LogP contribution in [-0.2, 0) is 14.2 Å². The van der Waals surface area contributed by atoms with Crippen LogP contribution in [0.2, 0.25) is 0 Å². The summed E-state index contributed by atoms with van der Waals surface area (Å²) in [6.07, 6.45) is -4.44. The molecule has 0 aliphatic carbocycles. The highest BCUT2D eigenvalue weighted by Gasteiger charge is 2.49. The van der Waals surface area contributed by atoms with E-state index >= 15 is 0 Å². The van der Waals surface area contributed by atoms with Gasteiger partial charge in [-0.2, -0.15) is 0 Å². The van der Waals surface area contributed by atoms with Gasteiger partial charge in [0.2, 0.25) is 0 Å². The first kappa shape index (κ1) is 17.8.